The van der Waals surface area contributed by atoms with Crippen molar-refractivity contribution < 1.29 is 4.79 Å². The number of amides is 1. The SMILES string of the molecule is CC(C)C(C)(C)C(=O)NC(=S)c1ccccc1. The highest BCUT2D eigenvalue weighted by molar-refractivity contribution is 7.80. The van der Waals surface area contributed by atoms with E-state index in [0.717, 1.165) is 5.56 Å². The molecule has 1 rings (SSSR count). The zero-order valence-electron chi connectivity index (χ0n) is 10.8. The van der Waals surface area contributed by atoms with Crippen molar-refractivity contribution in [3.63, 3.8) is 0 Å². The predicted octanol–water partition coefficient (Wildman–Crippen LogP) is 3.16. The Balaban J connectivity index is 2.74. The van der Waals surface area contributed by atoms with E-state index < -0.39 is 5.41 Å². The molecule has 0 radical (unpaired) electrons. The summed E-state index contributed by atoms with van der Waals surface area (Å²) in [5.74, 6) is 0.238. The fraction of sp³-hybridized carbons (Fsp3) is 0.429. The first-order valence-electron chi connectivity index (χ1n) is 5.76. The normalized spacial score (nSPS) is 11.4. The lowest BCUT2D eigenvalue weighted by atomic mass is 9.80. The van der Waals surface area contributed by atoms with E-state index in [4.69, 9.17) is 12.2 Å². The molecular formula is C14H19NOS. The van der Waals surface area contributed by atoms with Gasteiger partial charge in [0.2, 0.25) is 5.91 Å². The van der Waals surface area contributed by atoms with Gasteiger partial charge < -0.3 is 5.32 Å². The zero-order chi connectivity index (χ0) is 13.1. The predicted molar refractivity (Wildman–Crippen MR) is 74.9 cm³/mol. The molecule has 0 aromatic heterocycles. The van der Waals surface area contributed by atoms with Gasteiger partial charge >= 0.3 is 0 Å². The van der Waals surface area contributed by atoms with Crippen LogP contribution in [0.15, 0.2) is 30.3 Å². The molecule has 0 aliphatic carbocycles. The number of carbonyl (C=O) groups is 1. The van der Waals surface area contributed by atoms with Gasteiger partial charge in [0.15, 0.2) is 0 Å². The van der Waals surface area contributed by atoms with Crippen LogP contribution in [0.2, 0.25) is 0 Å². The molecule has 0 aliphatic heterocycles. The van der Waals surface area contributed by atoms with E-state index in [2.05, 4.69) is 5.32 Å². The molecule has 0 heterocycles. The molecular weight excluding hydrogens is 230 g/mol. The molecule has 1 amide bonds. The molecule has 1 aromatic carbocycles. The van der Waals surface area contributed by atoms with Crippen molar-refractivity contribution in [3.05, 3.63) is 35.9 Å². The fourth-order valence-corrected chi connectivity index (χ4v) is 1.42. The number of nitrogens with one attached hydrogen (secondary N) is 1. The molecule has 0 aliphatic rings. The van der Waals surface area contributed by atoms with Gasteiger partial charge in [-0.15, -0.1) is 0 Å². The minimum absolute atomic E-state index is 0.0265. The molecule has 3 heteroatoms. The first-order valence-corrected chi connectivity index (χ1v) is 6.17. The number of hydrogen-bond acceptors (Lipinski definition) is 2. The van der Waals surface area contributed by atoms with Gasteiger partial charge in [0, 0.05) is 11.0 Å². The Morgan fingerprint density at radius 1 is 1.24 bits per heavy atom. The standard InChI is InChI=1S/C14H19NOS/c1-10(2)14(3,4)13(16)15-12(17)11-8-6-5-7-9-11/h5-10H,1-4H3,(H,15,16,17). The Morgan fingerprint density at radius 2 is 1.76 bits per heavy atom. The first-order chi connectivity index (χ1) is 7.85. The van der Waals surface area contributed by atoms with Crippen molar-refractivity contribution in [3.8, 4) is 0 Å². The molecule has 17 heavy (non-hydrogen) atoms. The monoisotopic (exact) mass is 249 g/mol. The Labute approximate surface area is 108 Å². The van der Waals surface area contributed by atoms with Crippen LogP contribution in [0.4, 0.5) is 0 Å². The highest BCUT2D eigenvalue weighted by Gasteiger charge is 2.31. The minimum Gasteiger partial charge on any atom is -0.316 e. The van der Waals surface area contributed by atoms with Crippen LogP contribution in [0.5, 0.6) is 0 Å². The number of thiocarbonyl (C=S) groups is 1. The van der Waals surface area contributed by atoms with Crippen LogP contribution in [0.1, 0.15) is 33.3 Å². The van der Waals surface area contributed by atoms with E-state index in [1.165, 1.54) is 0 Å². The second-order valence-electron chi connectivity index (χ2n) is 5.03. The summed E-state index contributed by atoms with van der Waals surface area (Å²) in [6.45, 7) is 7.93. The number of hydrogen-bond donors (Lipinski definition) is 1. The Bertz CT molecular complexity index is 409. The second-order valence-corrected chi connectivity index (χ2v) is 5.43. The van der Waals surface area contributed by atoms with Crippen LogP contribution in [0.3, 0.4) is 0 Å². The summed E-state index contributed by atoms with van der Waals surface area (Å²) in [5.41, 5.74) is 0.453. The van der Waals surface area contributed by atoms with Crippen molar-refractivity contribution in [2.75, 3.05) is 0 Å². The average molecular weight is 249 g/mol. The van der Waals surface area contributed by atoms with Crippen LogP contribution in [-0.2, 0) is 4.79 Å². The highest BCUT2D eigenvalue weighted by atomic mass is 32.1. The van der Waals surface area contributed by atoms with Crippen molar-refractivity contribution in [1.82, 2.24) is 5.32 Å². The zero-order valence-corrected chi connectivity index (χ0v) is 11.6. The van der Waals surface area contributed by atoms with Gasteiger partial charge in [0.05, 0.1) is 0 Å². The van der Waals surface area contributed by atoms with Crippen LogP contribution in [0, 0.1) is 11.3 Å². The van der Waals surface area contributed by atoms with Crippen molar-refractivity contribution in [1.29, 1.82) is 0 Å². The summed E-state index contributed by atoms with van der Waals surface area (Å²) < 4.78 is 0. The Kier molecular flexibility index (Phi) is 4.40. The average Bonchev–Trinajstić information content (AvgIpc) is 2.29. The molecule has 0 saturated heterocycles. The third kappa shape index (κ3) is 3.37. The molecule has 1 N–H and O–H groups in total. The van der Waals surface area contributed by atoms with Gasteiger partial charge in [-0.3, -0.25) is 4.79 Å². The first kappa shape index (κ1) is 13.8. The smallest absolute Gasteiger partial charge is 0.230 e. The topological polar surface area (TPSA) is 29.1 Å². The van der Waals surface area contributed by atoms with Crippen LogP contribution < -0.4 is 5.32 Å². The van der Waals surface area contributed by atoms with Gasteiger partial charge in [0.25, 0.3) is 0 Å². The molecule has 0 unspecified atom stereocenters. The maximum absolute atomic E-state index is 12.1. The number of rotatable bonds is 3. The van der Waals surface area contributed by atoms with Gasteiger partial charge in [-0.25, -0.2) is 0 Å². The van der Waals surface area contributed by atoms with Crippen LogP contribution >= 0.6 is 12.2 Å². The number of benzene rings is 1. The van der Waals surface area contributed by atoms with E-state index in [9.17, 15) is 4.79 Å². The lowest BCUT2D eigenvalue weighted by Gasteiger charge is -2.27. The summed E-state index contributed by atoms with van der Waals surface area (Å²) >= 11 is 5.22. The largest absolute Gasteiger partial charge is 0.316 e. The van der Waals surface area contributed by atoms with Crippen LogP contribution in [0.25, 0.3) is 0 Å². The summed E-state index contributed by atoms with van der Waals surface area (Å²) in [6.07, 6.45) is 0. The van der Waals surface area contributed by atoms with Crippen LogP contribution in [-0.4, -0.2) is 10.9 Å². The third-order valence-corrected chi connectivity index (χ3v) is 3.63. The van der Waals surface area contributed by atoms with Gasteiger partial charge in [-0.1, -0.05) is 70.2 Å². The summed E-state index contributed by atoms with van der Waals surface area (Å²) in [7, 11) is 0. The van der Waals surface area contributed by atoms with Crippen molar-refractivity contribution in [2.45, 2.75) is 27.7 Å². The maximum Gasteiger partial charge on any atom is 0.230 e. The molecule has 92 valence electrons. The summed E-state index contributed by atoms with van der Waals surface area (Å²) in [5, 5.41) is 2.81. The summed E-state index contributed by atoms with van der Waals surface area (Å²) in [4.78, 5) is 12.6. The van der Waals surface area contributed by atoms with Gasteiger partial charge in [0.1, 0.15) is 4.99 Å². The lowest BCUT2D eigenvalue weighted by Crippen LogP contribution is -2.42. The maximum atomic E-state index is 12.1. The van der Waals surface area contributed by atoms with E-state index in [0.29, 0.717) is 4.99 Å². The van der Waals surface area contributed by atoms with Gasteiger partial charge in [-0.2, -0.15) is 0 Å². The summed E-state index contributed by atoms with van der Waals surface area (Å²) in [6, 6.07) is 9.52. The van der Waals surface area contributed by atoms with E-state index in [1.807, 2.05) is 58.0 Å². The molecule has 0 bridgehead atoms. The Hall–Kier alpha value is -1.22. The van der Waals surface area contributed by atoms with E-state index >= 15 is 0 Å². The number of carbonyl (C=O) groups excluding carboxylic acids is 1. The molecule has 0 spiro atoms. The molecule has 1 aromatic rings. The molecule has 0 saturated carbocycles. The third-order valence-electron chi connectivity index (χ3n) is 3.29. The Morgan fingerprint density at radius 3 is 2.24 bits per heavy atom. The van der Waals surface area contributed by atoms with Crippen molar-refractivity contribution in [2.24, 2.45) is 11.3 Å². The molecule has 0 fully saturated rings. The second kappa shape index (κ2) is 5.41. The fourth-order valence-electron chi connectivity index (χ4n) is 1.19. The lowest BCUT2D eigenvalue weighted by molar-refractivity contribution is -0.129. The van der Waals surface area contributed by atoms with Crippen molar-refractivity contribution >= 4 is 23.1 Å². The highest BCUT2D eigenvalue weighted by Crippen LogP contribution is 2.26. The quantitative estimate of drug-likeness (QED) is 0.834. The van der Waals surface area contributed by atoms with E-state index in [1.54, 1.807) is 0 Å². The van der Waals surface area contributed by atoms with Gasteiger partial charge in [-0.05, 0) is 5.92 Å². The molecule has 2 nitrogen and oxygen atoms in total. The molecule has 0 atom stereocenters. The minimum atomic E-state index is -0.418. The van der Waals surface area contributed by atoms with E-state index in [-0.39, 0.29) is 11.8 Å².